The van der Waals surface area contributed by atoms with E-state index < -0.39 is 0 Å². The van der Waals surface area contributed by atoms with Crippen molar-refractivity contribution in [2.45, 2.75) is 84.5 Å². The summed E-state index contributed by atoms with van der Waals surface area (Å²) >= 11 is 3.49. The monoisotopic (exact) mass is 486 g/mol. The minimum absolute atomic E-state index is 0.244. The van der Waals surface area contributed by atoms with Crippen molar-refractivity contribution in [2.24, 2.45) is 11.8 Å². The summed E-state index contributed by atoms with van der Waals surface area (Å²) in [7, 11) is 0. The molecular weight excluding hydrogens is 452 g/mol. The number of carbonyl (C=O) groups is 1. The van der Waals surface area contributed by atoms with Crippen LogP contribution in [0, 0.1) is 11.8 Å². The summed E-state index contributed by atoms with van der Waals surface area (Å²) in [5.74, 6) is 3.02. The van der Waals surface area contributed by atoms with E-state index in [9.17, 15) is 4.79 Å². The standard InChI is InChI=1S/C26H35BrN2O2/c1-3-5-6-7-19-8-10-20(11-9-19)12-15-25-28-17-22(18-29-25)21-13-14-24(23(27)16-21)31-26(30)4-2/h13-14,16-20H,3-12,15H2,1-2H3. The first-order valence-corrected chi connectivity index (χ1v) is 12.7. The molecule has 0 unspecified atom stereocenters. The van der Waals surface area contributed by atoms with Crippen molar-refractivity contribution < 1.29 is 9.53 Å². The number of esters is 1. The summed E-state index contributed by atoms with van der Waals surface area (Å²) < 4.78 is 6.06. The van der Waals surface area contributed by atoms with E-state index in [0.29, 0.717) is 12.2 Å². The van der Waals surface area contributed by atoms with Crippen LogP contribution in [-0.2, 0) is 11.2 Å². The van der Waals surface area contributed by atoms with Crippen molar-refractivity contribution in [3.63, 3.8) is 0 Å². The van der Waals surface area contributed by atoms with Crippen molar-refractivity contribution in [2.75, 3.05) is 0 Å². The van der Waals surface area contributed by atoms with Crippen LogP contribution >= 0.6 is 15.9 Å². The number of nitrogens with zero attached hydrogens (tertiary/aromatic N) is 2. The third-order valence-corrected chi connectivity index (χ3v) is 7.06. The van der Waals surface area contributed by atoms with Crippen LogP contribution in [0.3, 0.4) is 0 Å². The Morgan fingerprint density at radius 1 is 1.00 bits per heavy atom. The highest BCUT2D eigenvalue weighted by Gasteiger charge is 2.21. The molecule has 1 heterocycles. The number of hydrogen-bond acceptors (Lipinski definition) is 4. The molecule has 5 heteroatoms. The van der Waals surface area contributed by atoms with E-state index in [-0.39, 0.29) is 5.97 Å². The summed E-state index contributed by atoms with van der Waals surface area (Å²) in [6, 6.07) is 5.68. The molecule has 3 rings (SSSR count). The van der Waals surface area contributed by atoms with Gasteiger partial charge in [-0.3, -0.25) is 4.79 Å². The molecule has 0 amide bonds. The van der Waals surface area contributed by atoms with Crippen LogP contribution in [0.25, 0.3) is 11.1 Å². The van der Waals surface area contributed by atoms with Crippen LogP contribution in [-0.4, -0.2) is 15.9 Å². The van der Waals surface area contributed by atoms with Crippen LogP contribution in [0.1, 0.15) is 83.9 Å². The molecule has 1 saturated carbocycles. The highest BCUT2D eigenvalue weighted by atomic mass is 79.9. The van der Waals surface area contributed by atoms with Gasteiger partial charge < -0.3 is 4.74 Å². The Morgan fingerprint density at radius 2 is 1.68 bits per heavy atom. The Labute approximate surface area is 195 Å². The average molecular weight is 487 g/mol. The van der Waals surface area contributed by atoms with Crippen LogP contribution in [0.5, 0.6) is 5.75 Å². The number of rotatable bonds is 10. The maximum absolute atomic E-state index is 11.5. The van der Waals surface area contributed by atoms with Crippen molar-refractivity contribution >= 4 is 21.9 Å². The van der Waals surface area contributed by atoms with Gasteiger partial charge in [0.15, 0.2) is 0 Å². The lowest BCUT2D eigenvalue weighted by atomic mass is 9.78. The van der Waals surface area contributed by atoms with Gasteiger partial charge in [0.2, 0.25) is 0 Å². The number of benzene rings is 1. The van der Waals surface area contributed by atoms with Crippen LogP contribution in [0.2, 0.25) is 0 Å². The molecule has 0 aliphatic heterocycles. The van der Waals surface area contributed by atoms with Crippen LogP contribution < -0.4 is 4.74 Å². The molecule has 1 aliphatic rings. The highest BCUT2D eigenvalue weighted by molar-refractivity contribution is 9.10. The maximum Gasteiger partial charge on any atom is 0.310 e. The van der Waals surface area contributed by atoms with Gasteiger partial charge in [0, 0.05) is 30.8 Å². The Bertz CT molecular complexity index is 830. The van der Waals surface area contributed by atoms with E-state index in [0.717, 1.165) is 39.7 Å². The molecule has 31 heavy (non-hydrogen) atoms. The second-order valence-electron chi connectivity index (χ2n) is 8.78. The number of aryl methyl sites for hydroxylation is 1. The molecule has 2 aromatic rings. The van der Waals surface area contributed by atoms with Gasteiger partial charge in [-0.1, -0.05) is 71.3 Å². The Balaban J connectivity index is 1.47. The first-order chi connectivity index (χ1) is 15.1. The second kappa shape index (κ2) is 12.3. The zero-order chi connectivity index (χ0) is 22.1. The number of unbranched alkanes of at least 4 members (excludes halogenated alkanes) is 2. The summed E-state index contributed by atoms with van der Waals surface area (Å²) in [6.07, 6.45) is 17.4. The van der Waals surface area contributed by atoms with Crippen molar-refractivity contribution in [1.29, 1.82) is 0 Å². The van der Waals surface area contributed by atoms with E-state index in [1.807, 2.05) is 24.5 Å². The van der Waals surface area contributed by atoms with Gasteiger partial charge in [-0.2, -0.15) is 0 Å². The SMILES string of the molecule is CCCCCC1CCC(CCc2ncc(-c3ccc(OC(=O)CC)c(Br)c3)cn2)CC1. The molecule has 168 valence electrons. The molecule has 0 radical (unpaired) electrons. The van der Waals surface area contributed by atoms with Gasteiger partial charge in [-0.05, 0) is 51.9 Å². The fraction of sp³-hybridized carbons (Fsp3) is 0.577. The minimum atomic E-state index is -0.244. The fourth-order valence-electron chi connectivity index (χ4n) is 4.42. The number of halogens is 1. The lowest BCUT2D eigenvalue weighted by Crippen LogP contribution is -2.15. The Morgan fingerprint density at radius 3 is 2.29 bits per heavy atom. The summed E-state index contributed by atoms with van der Waals surface area (Å²) in [6.45, 7) is 4.07. The lowest BCUT2D eigenvalue weighted by molar-refractivity contribution is -0.134. The first-order valence-electron chi connectivity index (χ1n) is 11.9. The van der Waals surface area contributed by atoms with Crippen molar-refractivity contribution in [3.05, 3.63) is 40.9 Å². The lowest BCUT2D eigenvalue weighted by Gasteiger charge is -2.28. The van der Waals surface area contributed by atoms with Gasteiger partial charge in [0.25, 0.3) is 0 Å². The van der Waals surface area contributed by atoms with Gasteiger partial charge >= 0.3 is 5.97 Å². The smallest absolute Gasteiger partial charge is 0.310 e. The highest BCUT2D eigenvalue weighted by Crippen LogP contribution is 2.34. The van der Waals surface area contributed by atoms with Crippen LogP contribution in [0.15, 0.2) is 35.1 Å². The molecule has 0 spiro atoms. The zero-order valence-electron chi connectivity index (χ0n) is 18.9. The van der Waals surface area contributed by atoms with Gasteiger partial charge in [0.05, 0.1) is 4.47 Å². The van der Waals surface area contributed by atoms with E-state index in [4.69, 9.17) is 4.74 Å². The largest absolute Gasteiger partial charge is 0.425 e. The minimum Gasteiger partial charge on any atom is -0.425 e. The molecular formula is C26H35BrN2O2. The molecule has 4 nitrogen and oxygen atoms in total. The second-order valence-corrected chi connectivity index (χ2v) is 9.64. The summed E-state index contributed by atoms with van der Waals surface area (Å²) in [5.41, 5.74) is 1.96. The quantitative estimate of drug-likeness (QED) is 0.197. The predicted molar refractivity (Wildman–Crippen MR) is 129 cm³/mol. The number of hydrogen-bond donors (Lipinski definition) is 0. The topological polar surface area (TPSA) is 52.1 Å². The van der Waals surface area contributed by atoms with Gasteiger partial charge in [-0.15, -0.1) is 0 Å². The van der Waals surface area contributed by atoms with Gasteiger partial charge in [0.1, 0.15) is 11.6 Å². The van der Waals surface area contributed by atoms with E-state index in [1.54, 1.807) is 13.0 Å². The summed E-state index contributed by atoms with van der Waals surface area (Å²) in [5, 5.41) is 0. The molecule has 0 saturated heterocycles. The van der Waals surface area contributed by atoms with E-state index in [2.05, 4.69) is 32.8 Å². The van der Waals surface area contributed by atoms with E-state index >= 15 is 0 Å². The predicted octanol–water partition coefficient (Wildman–Crippen LogP) is 7.54. The van der Waals surface area contributed by atoms with Crippen molar-refractivity contribution in [1.82, 2.24) is 9.97 Å². The molecule has 0 atom stereocenters. The number of ether oxygens (including phenoxy) is 1. The van der Waals surface area contributed by atoms with Crippen LogP contribution in [0.4, 0.5) is 0 Å². The average Bonchev–Trinajstić information content (AvgIpc) is 2.80. The number of carbonyl (C=O) groups excluding carboxylic acids is 1. The molecule has 0 N–H and O–H groups in total. The normalized spacial score (nSPS) is 18.7. The Hall–Kier alpha value is -1.75. The fourth-order valence-corrected chi connectivity index (χ4v) is 4.88. The first kappa shape index (κ1) is 23.9. The summed E-state index contributed by atoms with van der Waals surface area (Å²) in [4.78, 5) is 20.7. The van der Waals surface area contributed by atoms with E-state index in [1.165, 1.54) is 57.8 Å². The maximum atomic E-state index is 11.5. The third kappa shape index (κ3) is 7.41. The Kier molecular flexibility index (Phi) is 9.51. The molecule has 0 bridgehead atoms. The molecule has 1 aromatic heterocycles. The van der Waals surface area contributed by atoms with Crippen molar-refractivity contribution in [3.8, 4) is 16.9 Å². The molecule has 1 fully saturated rings. The zero-order valence-corrected chi connectivity index (χ0v) is 20.5. The molecule has 1 aromatic carbocycles. The molecule has 1 aliphatic carbocycles. The third-order valence-electron chi connectivity index (χ3n) is 6.44. The van der Waals surface area contributed by atoms with Gasteiger partial charge in [-0.25, -0.2) is 9.97 Å². The number of aromatic nitrogens is 2.